The SMILES string of the molecule is CC(=O)OCCNC(O)(O)O. The molecule has 0 aromatic carbocycles. The van der Waals surface area contributed by atoms with Gasteiger partial charge >= 0.3 is 12.1 Å². The van der Waals surface area contributed by atoms with E-state index < -0.39 is 12.1 Å². The maximum atomic E-state index is 10.1. The van der Waals surface area contributed by atoms with Gasteiger partial charge in [0.2, 0.25) is 0 Å². The fourth-order valence-corrected chi connectivity index (χ4v) is 0.413. The number of aliphatic hydroxyl groups is 3. The van der Waals surface area contributed by atoms with E-state index in [4.69, 9.17) is 15.3 Å². The van der Waals surface area contributed by atoms with Gasteiger partial charge in [-0.15, -0.1) is 0 Å². The molecule has 0 aliphatic carbocycles. The molecule has 0 aromatic heterocycles. The summed E-state index contributed by atoms with van der Waals surface area (Å²) in [6.45, 7) is 1.16. The van der Waals surface area contributed by atoms with Crippen LogP contribution in [0.1, 0.15) is 6.92 Å². The van der Waals surface area contributed by atoms with Crippen LogP contribution in [0.3, 0.4) is 0 Å². The van der Waals surface area contributed by atoms with Crippen LogP contribution in [0, 0.1) is 0 Å². The highest BCUT2D eigenvalue weighted by Gasteiger charge is 2.15. The third-order valence-electron chi connectivity index (χ3n) is 0.770. The van der Waals surface area contributed by atoms with E-state index in [0.29, 0.717) is 0 Å². The van der Waals surface area contributed by atoms with E-state index in [1.165, 1.54) is 6.92 Å². The molecule has 0 atom stereocenters. The van der Waals surface area contributed by atoms with E-state index in [9.17, 15) is 4.79 Å². The van der Waals surface area contributed by atoms with Crippen molar-refractivity contribution in [3.8, 4) is 0 Å². The molecule has 0 fully saturated rings. The van der Waals surface area contributed by atoms with Gasteiger partial charge in [0.15, 0.2) is 0 Å². The topological polar surface area (TPSA) is 99.0 Å². The van der Waals surface area contributed by atoms with E-state index in [0.717, 1.165) is 0 Å². The molecule has 0 heterocycles. The summed E-state index contributed by atoms with van der Waals surface area (Å²) < 4.78 is 4.40. The van der Waals surface area contributed by atoms with Gasteiger partial charge in [-0.05, 0) is 0 Å². The van der Waals surface area contributed by atoms with Gasteiger partial charge in [-0.1, -0.05) is 0 Å². The number of carbonyl (C=O) groups excluding carboxylic acids is 1. The van der Waals surface area contributed by atoms with Crippen molar-refractivity contribution < 1.29 is 24.9 Å². The van der Waals surface area contributed by atoms with Crippen molar-refractivity contribution in [3.05, 3.63) is 0 Å². The lowest BCUT2D eigenvalue weighted by Gasteiger charge is -2.14. The number of hydrogen-bond donors (Lipinski definition) is 4. The summed E-state index contributed by atoms with van der Waals surface area (Å²) in [5.41, 5.74) is 0. The van der Waals surface area contributed by atoms with Crippen molar-refractivity contribution in [2.24, 2.45) is 0 Å². The number of nitrogens with one attached hydrogen (secondary N) is 1. The largest absolute Gasteiger partial charge is 0.465 e. The second-order valence-corrected chi connectivity index (χ2v) is 1.90. The highest BCUT2D eigenvalue weighted by Crippen LogP contribution is 1.83. The third-order valence-corrected chi connectivity index (χ3v) is 0.770. The first kappa shape index (κ1) is 10.3. The molecule has 0 rings (SSSR count). The standard InChI is InChI=1S/C5H11NO5/c1-4(7)11-3-2-6-5(8,9)10/h6,8-10H,2-3H2,1H3. The molecule has 0 bridgehead atoms. The minimum atomic E-state index is -2.90. The van der Waals surface area contributed by atoms with Crippen LogP contribution in [0.25, 0.3) is 0 Å². The molecule has 0 saturated heterocycles. The molecule has 6 nitrogen and oxygen atoms in total. The van der Waals surface area contributed by atoms with Crippen molar-refractivity contribution in [2.75, 3.05) is 13.2 Å². The van der Waals surface area contributed by atoms with E-state index in [-0.39, 0.29) is 13.2 Å². The first-order valence-corrected chi connectivity index (χ1v) is 2.97. The maximum absolute atomic E-state index is 10.1. The second kappa shape index (κ2) is 4.24. The Bertz CT molecular complexity index is 129. The number of hydrogen-bond acceptors (Lipinski definition) is 6. The predicted octanol–water partition coefficient (Wildman–Crippen LogP) is -2.27. The molecule has 0 aliphatic heterocycles. The second-order valence-electron chi connectivity index (χ2n) is 1.90. The van der Waals surface area contributed by atoms with Crippen LogP contribution in [-0.4, -0.2) is 40.5 Å². The summed E-state index contributed by atoms with van der Waals surface area (Å²) in [5.74, 6) is -0.466. The maximum Gasteiger partial charge on any atom is 0.343 e. The number of esters is 1. The first-order chi connectivity index (χ1) is 4.92. The van der Waals surface area contributed by atoms with Crippen molar-refractivity contribution in [3.63, 3.8) is 0 Å². The van der Waals surface area contributed by atoms with Crippen LogP contribution in [-0.2, 0) is 9.53 Å². The Balaban J connectivity index is 3.22. The fraction of sp³-hybridized carbons (Fsp3) is 0.800. The highest BCUT2D eigenvalue weighted by atomic mass is 16.7. The monoisotopic (exact) mass is 165 g/mol. The van der Waals surface area contributed by atoms with Gasteiger partial charge in [0.05, 0.1) is 0 Å². The van der Waals surface area contributed by atoms with Crippen LogP contribution in [0.4, 0.5) is 0 Å². The molecular weight excluding hydrogens is 154 g/mol. The summed E-state index contributed by atoms with van der Waals surface area (Å²) in [4.78, 5) is 10.1. The molecule has 0 aliphatic rings. The molecule has 0 unspecified atom stereocenters. The zero-order valence-electron chi connectivity index (χ0n) is 6.07. The molecule has 66 valence electrons. The number of ether oxygens (including phenoxy) is 1. The summed E-state index contributed by atoms with van der Waals surface area (Å²) in [6, 6.07) is 0. The highest BCUT2D eigenvalue weighted by molar-refractivity contribution is 5.65. The summed E-state index contributed by atoms with van der Waals surface area (Å²) >= 11 is 0. The van der Waals surface area contributed by atoms with Gasteiger partial charge in [0, 0.05) is 13.5 Å². The minimum absolute atomic E-state index is 0.0290. The van der Waals surface area contributed by atoms with Gasteiger partial charge in [0.25, 0.3) is 0 Å². The summed E-state index contributed by atoms with van der Waals surface area (Å²) in [5, 5.41) is 26.6. The van der Waals surface area contributed by atoms with Gasteiger partial charge in [0.1, 0.15) is 6.61 Å². The summed E-state index contributed by atoms with van der Waals surface area (Å²) in [7, 11) is 0. The normalized spacial score (nSPS) is 11.3. The molecule has 0 aromatic rings. The van der Waals surface area contributed by atoms with Crippen LogP contribution in [0.5, 0.6) is 0 Å². The van der Waals surface area contributed by atoms with E-state index in [2.05, 4.69) is 4.74 Å². The quantitative estimate of drug-likeness (QED) is 0.213. The number of carbonyl (C=O) groups is 1. The molecular formula is C5H11NO5. The third kappa shape index (κ3) is 9.31. The summed E-state index contributed by atoms with van der Waals surface area (Å²) in [6.07, 6.45) is -2.90. The van der Waals surface area contributed by atoms with Gasteiger partial charge in [-0.25, -0.2) is 5.32 Å². The van der Waals surface area contributed by atoms with Crippen molar-refractivity contribution in [1.82, 2.24) is 5.32 Å². The van der Waals surface area contributed by atoms with Crippen LogP contribution in [0.2, 0.25) is 0 Å². The van der Waals surface area contributed by atoms with Gasteiger partial charge in [-0.2, -0.15) is 0 Å². The van der Waals surface area contributed by atoms with E-state index in [1.54, 1.807) is 0 Å². The fourth-order valence-electron chi connectivity index (χ4n) is 0.413. The van der Waals surface area contributed by atoms with Gasteiger partial charge < -0.3 is 20.1 Å². The van der Waals surface area contributed by atoms with E-state index in [1.807, 2.05) is 5.32 Å². The van der Waals surface area contributed by atoms with Gasteiger partial charge in [-0.3, -0.25) is 4.79 Å². The Kier molecular flexibility index (Phi) is 3.98. The Hall–Kier alpha value is -0.690. The molecule has 4 N–H and O–H groups in total. The lowest BCUT2D eigenvalue weighted by atomic mass is 10.6. The van der Waals surface area contributed by atoms with Crippen LogP contribution in [0.15, 0.2) is 0 Å². The number of rotatable bonds is 4. The minimum Gasteiger partial charge on any atom is -0.465 e. The Morgan fingerprint density at radius 2 is 2.09 bits per heavy atom. The molecule has 0 amide bonds. The van der Waals surface area contributed by atoms with E-state index >= 15 is 0 Å². The Morgan fingerprint density at radius 3 is 2.45 bits per heavy atom. The average Bonchev–Trinajstić information content (AvgIpc) is 1.78. The smallest absolute Gasteiger partial charge is 0.343 e. The molecule has 0 radical (unpaired) electrons. The van der Waals surface area contributed by atoms with Crippen LogP contribution < -0.4 is 5.32 Å². The zero-order chi connectivity index (χ0) is 8.91. The molecule has 11 heavy (non-hydrogen) atoms. The first-order valence-electron chi connectivity index (χ1n) is 2.97. The average molecular weight is 165 g/mol. The molecule has 0 saturated carbocycles. The zero-order valence-corrected chi connectivity index (χ0v) is 6.07. The van der Waals surface area contributed by atoms with Crippen molar-refractivity contribution in [1.29, 1.82) is 0 Å². The molecule has 6 heteroatoms. The lowest BCUT2D eigenvalue weighted by molar-refractivity contribution is -0.331. The predicted molar refractivity (Wildman–Crippen MR) is 34.0 cm³/mol. The lowest BCUT2D eigenvalue weighted by Crippen LogP contribution is -2.46. The Morgan fingerprint density at radius 1 is 1.55 bits per heavy atom. The van der Waals surface area contributed by atoms with Crippen LogP contribution >= 0.6 is 0 Å². The van der Waals surface area contributed by atoms with Crippen molar-refractivity contribution >= 4 is 5.97 Å². The van der Waals surface area contributed by atoms with Crippen molar-refractivity contribution in [2.45, 2.75) is 13.0 Å². The Labute approximate surface area is 63.4 Å². The molecule has 0 spiro atoms.